The summed E-state index contributed by atoms with van der Waals surface area (Å²) in [6, 6.07) is 5.06. The molecule has 1 aromatic heterocycles. The molecule has 2 aromatic rings. The minimum atomic E-state index is -3.67. The summed E-state index contributed by atoms with van der Waals surface area (Å²) in [6.07, 6.45) is 2.70. The molecule has 0 radical (unpaired) electrons. The Morgan fingerprint density at radius 2 is 2.19 bits per heavy atom. The molecule has 1 heterocycles. The van der Waals surface area contributed by atoms with E-state index in [-0.39, 0.29) is 11.5 Å². The monoisotopic (exact) mass is 305 g/mol. The lowest BCUT2D eigenvalue weighted by Gasteiger charge is -2.08. The van der Waals surface area contributed by atoms with Crippen LogP contribution in [0.3, 0.4) is 0 Å². The fourth-order valence-electron chi connectivity index (χ4n) is 1.71. The molecule has 0 aliphatic rings. The maximum atomic E-state index is 12.2. The lowest BCUT2D eigenvalue weighted by molar-refractivity contribution is 0.350. The Morgan fingerprint density at radius 1 is 1.43 bits per heavy atom. The Morgan fingerprint density at radius 3 is 2.81 bits per heavy atom. The third kappa shape index (κ3) is 3.62. The van der Waals surface area contributed by atoms with E-state index in [1.54, 1.807) is 25.2 Å². The Balaban J connectivity index is 2.31. The van der Waals surface area contributed by atoms with Gasteiger partial charge in [-0.25, -0.2) is 8.42 Å². The fourth-order valence-corrected chi connectivity index (χ4v) is 2.74. The molecule has 0 bridgehead atoms. The van der Waals surface area contributed by atoms with Crippen LogP contribution in [0.1, 0.15) is 11.1 Å². The summed E-state index contributed by atoms with van der Waals surface area (Å²) in [4.78, 5) is 0.0913. The van der Waals surface area contributed by atoms with Crippen LogP contribution in [-0.4, -0.2) is 29.9 Å². The molecule has 6 nitrogen and oxygen atoms in total. The van der Waals surface area contributed by atoms with Gasteiger partial charge in [-0.15, -0.1) is 0 Å². The summed E-state index contributed by atoms with van der Waals surface area (Å²) in [5, 5.41) is 12.6. The van der Waals surface area contributed by atoms with Gasteiger partial charge >= 0.3 is 0 Å². The molecule has 0 unspecified atom stereocenters. The van der Waals surface area contributed by atoms with E-state index in [9.17, 15) is 8.42 Å². The second kappa shape index (κ2) is 5.99. The van der Waals surface area contributed by atoms with Gasteiger partial charge in [0.1, 0.15) is 11.5 Å². The van der Waals surface area contributed by atoms with Crippen molar-refractivity contribution >= 4 is 15.7 Å². The van der Waals surface area contributed by atoms with E-state index < -0.39 is 10.0 Å². The van der Waals surface area contributed by atoms with Crippen molar-refractivity contribution in [3.8, 4) is 11.8 Å². The number of rotatable bonds is 3. The van der Waals surface area contributed by atoms with Gasteiger partial charge in [0.25, 0.3) is 10.0 Å². The number of benzene rings is 1. The molecule has 0 saturated carbocycles. The zero-order chi connectivity index (χ0) is 15.5. The van der Waals surface area contributed by atoms with Gasteiger partial charge < -0.3 is 5.11 Å². The number of hydrogen-bond donors (Lipinski definition) is 2. The number of aliphatic hydroxyl groups is 1. The van der Waals surface area contributed by atoms with Crippen LogP contribution in [-0.2, 0) is 17.1 Å². The van der Waals surface area contributed by atoms with E-state index in [0.29, 0.717) is 11.3 Å². The number of aromatic nitrogens is 2. The van der Waals surface area contributed by atoms with Crippen LogP contribution in [0, 0.1) is 18.8 Å². The number of nitrogens with one attached hydrogen (secondary N) is 1. The molecule has 0 spiro atoms. The molecular weight excluding hydrogens is 290 g/mol. The molecule has 110 valence electrons. The van der Waals surface area contributed by atoms with E-state index in [2.05, 4.69) is 21.7 Å². The van der Waals surface area contributed by atoms with Crippen LogP contribution in [0.4, 0.5) is 5.69 Å². The molecule has 0 saturated heterocycles. The molecular formula is C14H15N3O3S. The number of hydrogen-bond acceptors (Lipinski definition) is 4. The quantitative estimate of drug-likeness (QED) is 0.824. The van der Waals surface area contributed by atoms with Crippen molar-refractivity contribution in [2.45, 2.75) is 11.8 Å². The van der Waals surface area contributed by atoms with Crippen molar-refractivity contribution in [3.05, 3.63) is 41.7 Å². The Hall–Kier alpha value is -2.30. The van der Waals surface area contributed by atoms with Gasteiger partial charge in [0, 0.05) is 18.8 Å². The van der Waals surface area contributed by atoms with Gasteiger partial charge in [-0.1, -0.05) is 17.9 Å². The first-order valence-electron chi connectivity index (χ1n) is 6.14. The molecule has 2 rings (SSSR count). The van der Waals surface area contributed by atoms with Crippen molar-refractivity contribution in [2.75, 3.05) is 11.3 Å². The summed E-state index contributed by atoms with van der Waals surface area (Å²) >= 11 is 0. The van der Waals surface area contributed by atoms with Crippen molar-refractivity contribution in [3.63, 3.8) is 0 Å². The minimum Gasteiger partial charge on any atom is -0.384 e. The largest absolute Gasteiger partial charge is 0.384 e. The highest BCUT2D eigenvalue weighted by Gasteiger charge is 2.16. The molecule has 0 aliphatic heterocycles. The first-order valence-corrected chi connectivity index (χ1v) is 7.62. The second-order valence-electron chi connectivity index (χ2n) is 4.44. The predicted molar refractivity (Wildman–Crippen MR) is 79.2 cm³/mol. The Labute approximate surface area is 123 Å². The highest BCUT2D eigenvalue weighted by atomic mass is 32.2. The fraction of sp³-hybridized carbons (Fsp3) is 0.214. The van der Waals surface area contributed by atoms with Gasteiger partial charge in [-0.2, -0.15) is 5.10 Å². The summed E-state index contributed by atoms with van der Waals surface area (Å²) in [5.74, 6) is 5.33. The summed E-state index contributed by atoms with van der Waals surface area (Å²) in [7, 11) is -2.03. The molecule has 7 heteroatoms. The highest BCUT2D eigenvalue weighted by molar-refractivity contribution is 7.92. The van der Waals surface area contributed by atoms with E-state index >= 15 is 0 Å². The van der Waals surface area contributed by atoms with Crippen LogP contribution >= 0.6 is 0 Å². The van der Waals surface area contributed by atoms with Crippen molar-refractivity contribution in [2.24, 2.45) is 7.05 Å². The maximum absolute atomic E-state index is 12.2. The number of nitrogens with zero attached hydrogens (tertiary/aromatic N) is 2. The first kappa shape index (κ1) is 15.1. The standard InChI is InChI=1S/C14H15N3O3S/c1-11-5-6-13(8-12(11)4-3-7-18)16-21(19,20)14-9-15-17(2)10-14/h5-6,8-10,16,18H,7H2,1-2H3. The first-order chi connectivity index (χ1) is 9.92. The highest BCUT2D eigenvalue weighted by Crippen LogP contribution is 2.18. The van der Waals surface area contributed by atoms with E-state index in [1.165, 1.54) is 17.1 Å². The van der Waals surface area contributed by atoms with E-state index in [4.69, 9.17) is 5.11 Å². The van der Waals surface area contributed by atoms with Crippen LogP contribution in [0.2, 0.25) is 0 Å². The van der Waals surface area contributed by atoms with E-state index in [1.807, 2.05) is 6.92 Å². The third-order valence-corrected chi connectivity index (χ3v) is 4.12. The number of aliphatic hydroxyl groups excluding tert-OH is 1. The van der Waals surface area contributed by atoms with Gasteiger partial charge in [-0.05, 0) is 24.6 Å². The average molecular weight is 305 g/mol. The van der Waals surface area contributed by atoms with Crippen molar-refractivity contribution < 1.29 is 13.5 Å². The normalized spacial score (nSPS) is 10.8. The molecule has 0 amide bonds. The lowest BCUT2D eigenvalue weighted by Crippen LogP contribution is -2.12. The van der Waals surface area contributed by atoms with Crippen LogP contribution in [0.5, 0.6) is 0 Å². The van der Waals surface area contributed by atoms with Crippen molar-refractivity contribution in [1.29, 1.82) is 0 Å². The summed E-state index contributed by atoms with van der Waals surface area (Å²) in [6.45, 7) is 1.62. The second-order valence-corrected chi connectivity index (χ2v) is 6.13. The Kier molecular flexibility index (Phi) is 4.31. The average Bonchev–Trinajstić information content (AvgIpc) is 2.86. The molecule has 0 fully saturated rings. The van der Waals surface area contributed by atoms with Gasteiger partial charge in [0.2, 0.25) is 0 Å². The van der Waals surface area contributed by atoms with Crippen LogP contribution < -0.4 is 4.72 Å². The van der Waals surface area contributed by atoms with Crippen molar-refractivity contribution in [1.82, 2.24) is 9.78 Å². The molecule has 1 aromatic carbocycles. The molecule has 0 atom stereocenters. The lowest BCUT2D eigenvalue weighted by atomic mass is 10.1. The molecule has 21 heavy (non-hydrogen) atoms. The van der Waals surface area contributed by atoms with Crippen LogP contribution in [0.15, 0.2) is 35.5 Å². The zero-order valence-corrected chi connectivity index (χ0v) is 12.5. The maximum Gasteiger partial charge on any atom is 0.265 e. The SMILES string of the molecule is Cc1ccc(NS(=O)(=O)c2cnn(C)c2)cc1C#CCO. The third-order valence-electron chi connectivity index (χ3n) is 2.78. The van der Waals surface area contributed by atoms with Gasteiger partial charge in [0.15, 0.2) is 0 Å². The topological polar surface area (TPSA) is 84.2 Å². The molecule has 2 N–H and O–H groups in total. The Bertz CT molecular complexity index is 813. The van der Waals surface area contributed by atoms with E-state index in [0.717, 1.165) is 5.56 Å². The number of aryl methyl sites for hydroxylation is 2. The smallest absolute Gasteiger partial charge is 0.265 e. The van der Waals surface area contributed by atoms with Crippen LogP contribution in [0.25, 0.3) is 0 Å². The van der Waals surface area contributed by atoms with Gasteiger partial charge in [0.05, 0.1) is 11.9 Å². The number of anilines is 1. The number of sulfonamides is 1. The van der Waals surface area contributed by atoms with Gasteiger partial charge in [-0.3, -0.25) is 9.40 Å². The summed E-state index contributed by atoms with van der Waals surface area (Å²) < 4.78 is 28.3. The predicted octanol–water partition coefficient (Wildman–Crippen LogP) is 0.873. The molecule has 0 aliphatic carbocycles. The minimum absolute atomic E-state index is 0.0913. The zero-order valence-electron chi connectivity index (χ0n) is 11.7. The summed E-state index contributed by atoms with van der Waals surface area (Å²) in [5.41, 5.74) is 1.97.